The zero-order chi connectivity index (χ0) is 18.7. The normalized spacial score (nSPS) is 36.8. The molecule has 4 aliphatic carbocycles. The monoisotopic (exact) mass is 395 g/mol. The number of anilines is 1. The van der Waals surface area contributed by atoms with Crippen molar-refractivity contribution < 1.29 is 4.79 Å². The molecule has 1 aromatic heterocycles. The molecule has 1 saturated heterocycles. The molecule has 4 saturated carbocycles. The Bertz CT molecular complexity index is 838. The summed E-state index contributed by atoms with van der Waals surface area (Å²) in [6.07, 6.45) is 10.1. The van der Waals surface area contributed by atoms with E-state index in [1.807, 2.05) is 6.07 Å². The Hall–Kier alpha value is -1.62. The number of carbonyl (C=O) groups is 1. The maximum Gasteiger partial charge on any atom is 0.225 e. The van der Waals surface area contributed by atoms with Crippen LogP contribution in [0.25, 0.3) is 10.2 Å². The molecule has 1 atom stereocenters. The van der Waals surface area contributed by atoms with Crippen LogP contribution in [0.3, 0.4) is 0 Å². The van der Waals surface area contributed by atoms with E-state index in [4.69, 9.17) is 4.98 Å². The number of para-hydroxylation sites is 1. The fourth-order valence-corrected chi connectivity index (χ4v) is 7.99. The van der Waals surface area contributed by atoms with E-state index in [-0.39, 0.29) is 11.5 Å². The molecule has 5 aliphatic rings. The van der Waals surface area contributed by atoms with Gasteiger partial charge in [-0.3, -0.25) is 4.79 Å². The first-order valence-electron chi connectivity index (χ1n) is 11.1. The fourth-order valence-electron chi connectivity index (χ4n) is 6.99. The predicted octanol–water partition coefficient (Wildman–Crippen LogP) is 4.60. The Balaban J connectivity index is 1.17. The molecule has 2 aromatic rings. The molecule has 4 nitrogen and oxygen atoms in total. The number of nitrogens with one attached hydrogen (secondary N) is 1. The van der Waals surface area contributed by atoms with E-state index in [1.165, 1.54) is 43.2 Å². The van der Waals surface area contributed by atoms with E-state index in [0.717, 1.165) is 54.3 Å². The maximum absolute atomic E-state index is 13.3. The van der Waals surface area contributed by atoms with Gasteiger partial charge < -0.3 is 10.2 Å². The van der Waals surface area contributed by atoms with Crippen molar-refractivity contribution >= 4 is 32.6 Å². The number of rotatable bonds is 3. The van der Waals surface area contributed by atoms with Gasteiger partial charge in [-0.05, 0) is 81.3 Å². The highest BCUT2D eigenvalue weighted by Gasteiger charge is 2.52. The summed E-state index contributed by atoms with van der Waals surface area (Å²) < 4.78 is 1.23. The number of amides is 1. The van der Waals surface area contributed by atoms with Gasteiger partial charge in [-0.2, -0.15) is 0 Å². The quantitative estimate of drug-likeness (QED) is 0.826. The Morgan fingerprint density at radius 2 is 1.82 bits per heavy atom. The highest BCUT2D eigenvalue weighted by molar-refractivity contribution is 7.22. The molecule has 28 heavy (non-hydrogen) atoms. The van der Waals surface area contributed by atoms with Gasteiger partial charge in [0, 0.05) is 18.6 Å². The van der Waals surface area contributed by atoms with Gasteiger partial charge in [0.15, 0.2) is 5.13 Å². The minimum absolute atomic E-state index is 0.105. The summed E-state index contributed by atoms with van der Waals surface area (Å²) in [7, 11) is 0. The topological polar surface area (TPSA) is 45.2 Å². The van der Waals surface area contributed by atoms with Gasteiger partial charge >= 0.3 is 0 Å². The molecule has 0 radical (unpaired) electrons. The smallest absolute Gasteiger partial charge is 0.225 e. The number of fused-ring (bicyclic) bond motifs is 1. The van der Waals surface area contributed by atoms with Crippen molar-refractivity contribution in [2.24, 2.45) is 23.7 Å². The SMILES string of the molecule is O=C(NC12CC3CC(CC(C3)C1)C2)C1CCCN(c2nc3ccccc3s2)C1. The van der Waals surface area contributed by atoms with Gasteiger partial charge in [0.2, 0.25) is 5.91 Å². The number of hydrogen-bond donors (Lipinski definition) is 1. The first kappa shape index (κ1) is 17.3. The van der Waals surface area contributed by atoms with Crippen molar-refractivity contribution in [2.75, 3.05) is 18.0 Å². The van der Waals surface area contributed by atoms with Gasteiger partial charge in [0.1, 0.15) is 0 Å². The second-order valence-corrected chi connectivity index (χ2v) is 10.9. The average molecular weight is 396 g/mol. The van der Waals surface area contributed by atoms with Crippen LogP contribution in [0.2, 0.25) is 0 Å². The lowest BCUT2D eigenvalue weighted by Crippen LogP contribution is -2.61. The molecule has 0 spiro atoms. The van der Waals surface area contributed by atoms with Crippen molar-refractivity contribution in [3.05, 3.63) is 24.3 Å². The number of piperidine rings is 1. The van der Waals surface area contributed by atoms with Crippen LogP contribution in [-0.2, 0) is 4.79 Å². The number of aromatic nitrogens is 1. The van der Waals surface area contributed by atoms with Crippen molar-refractivity contribution in [3.63, 3.8) is 0 Å². The van der Waals surface area contributed by atoms with Crippen LogP contribution in [0.5, 0.6) is 0 Å². The summed E-state index contributed by atoms with van der Waals surface area (Å²) in [5, 5.41) is 4.69. The van der Waals surface area contributed by atoms with E-state index in [2.05, 4.69) is 28.4 Å². The predicted molar refractivity (Wildman–Crippen MR) is 114 cm³/mol. The first-order chi connectivity index (χ1) is 13.7. The van der Waals surface area contributed by atoms with Crippen LogP contribution in [0.4, 0.5) is 5.13 Å². The van der Waals surface area contributed by atoms with E-state index in [1.54, 1.807) is 11.3 Å². The second kappa shape index (κ2) is 6.45. The van der Waals surface area contributed by atoms with E-state index in [9.17, 15) is 4.79 Å². The largest absolute Gasteiger partial charge is 0.350 e. The minimum Gasteiger partial charge on any atom is -0.350 e. The maximum atomic E-state index is 13.3. The second-order valence-electron chi connectivity index (χ2n) is 9.94. The van der Waals surface area contributed by atoms with Gasteiger partial charge in [-0.15, -0.1) is 0 Å². The van der Waals surface area contributed by atoms with Gasteiger partial charge in [-0.25, -0.2) is 4.98 Å². The number of hydrogen-bond acceptors (Lipinski definition) is 4. The summed E-state index contributed by atoms with van der Waals surface area (Å²) in [4.78, 5) is 20.4. The Morgan fingerprint density at radius 1 is 1.11 bits per heavy atom. The van der Waals surface area contributed by atoms with Crippen molar-refractivity contribution in [2.45, 2.75) is 56.9 Å². The average Bonchev–Trinajstić information content (AvgIpc) is 3.11. The highest BCUT2D eigenvalue weighted by atomic mass is 32.1. The summed E-state index contributed by atoms with van der Waals surface area (Å²) in [6.45, 7) is 1.83. The number of carbonyl (C=O) groups excluding carboxylic acids is 1. The highest BCUT2D eigenvalue weighted by Crippen LogP contribution is 2.55. The summed E-state index contributed by atoms with van der Waals surface area (Å²) in [6, 6.07) is 8.33. The molecule has 1 unspecified atom stereocenters. The molecule has 1 aromatic carbocycles. The van der Waals surface area contributed by atoms with Crippen molar-refractivity contribution in [3.8, 4) is 0 Å². The zero-order valence-corrected chi connectivity index (χ0v) is 17.2. The van der Waals surface area contributed by atoms with Gasteiger partial charge in [0.05, 0.1) is 16.1 Å². The number of thiazole rings is 1. The van der Waals surface area contributed by atoms with Crippen LogP contribution in [-0.4, -0.2) is 29.5 Å². The lowest BCUT2D eigenvalue weighted by atomic mass is 9.53. The molecule has 1 N–H and O–H groups in total. The Morgan fingerprint density at radius 3 is 2.54 bits per heavy atom. The lowest BCUT2D eigenvalue weighted by molar-refractivity contribution is -0.131. The summed E-state index contributed by atoms with van der Waals surface area (Å²) in [5.74, 6) is 3.04. The van der Waals surface area contributed by atoms with Gasteiger partial charge in [-0.1, -0.05) is 23.5 Å². The molecule has 5 heteroatoms. The van der Waals surface area contributed by atoms with Crippen LogP contribution >= 0.6 is 11.3 Å². The standard InChI is InChI=1S/C23H29N3OS/c27-21(25-23-11-15-8-16(12-23)10-17(9-15)13-23)18-4-3-7-26(14-18)22-24-19-5-1-2-6-20(19)28-22/h1-2,5-6,15-18H,3-4,7-14H2,(H,25,27). The van der Waals surface area contributed by atoms with E-state index in [0.29, 0.717) is 5.91 Å². The first-order valence-corrected chi connectivity index (χ1v) is 11.9. The van der Waals surface area contributed by atoms with Crippen LogP contribution in [0, 0.1) is 23.7 Å². The molecule has 1 amide bonds. The summed E-state index contributed by atoms with van der Waals surface area (Å²) in [5.41, 5.74) is 1.20. The molecule has 4 bridgehead atoms. The van der Waals surface area contributed by atoms with E-state index >= 15 is 0 Å². The molecular weight excluding hydrogens is 366 g/mol. The fraction of sp³-hybridized carbons (Fsp3) is 0.652. The van der Waals surface area contributed by atoms with Crippen molar-refractivity contribution in [1.29, 1.82) is 0 Å². The van der Waals surface area contributed by atoms with Gasteiger partial charge in [0.25, 0.3) is 0 Å². The summed E-state index contributed by atoms with van der Waals surface area (Å²) >= 11 is 1.76. The Kier molecular flexibility index (Phi) is 3.97. The van der Waals surface area contributed by atoms with Crippen LogP contribution in [0.1, 0.15) is 51.4 Å². The van der Waals surface area contributed by atoms with E-state index < -0.39 is 0 Å². The molecule has 1 aliphatic heterocycles. The third kappa shape index (κ3) is 2.94. The molecular formula is C23H29N3OS. The Labute approximate surface area is 170 Å². The molecule has 2 heterocycles. The zero-order valence-electron chi connectivity index (χ0n) is 16.4. The number of nitrogens with zero attached hydrogens (tertiary/aromatic N) is 2. The third-order valence-electron chi connectivity index (χ3n) is 7.77. The van der Waals surface area contributed by atoms with Crippen molar-refractivity contribution in [1.82, 2.24) is 10.3 Å². The molecule has 7 rings (SSSR count). The van der Waals surface area contributed by atoms with Crippen LogP contribution < -0.4 is 10.2 Å². The molecule has 5 fully saturated rings. The minimum atomic E-state index is 0.105. The third-order valence-corrected chi connectivity index (χ3v) is 8.87. The lowest BCUT2D eigenvalue weighted by Gasteiger charge is -2.57. The number of benzene rings is 1. The molecule has 148 valence electrons. The van der Waals surface area contributed by atoms with Crippen LogP contribution in [0.15, 0.2) is 24.3 Å².